The van der Waals surface area contributed by atoms with Crippen molar-refractivity contribution in [3.8, 4) is 11.5 Å². The topological polar surface area (TPSA) is 60.9 Å². The average Bonchev–Trinajstić information content (AvgIpc) is 3.01. The fraction of sp³-hybridized carbons (Fsp3) is 0.412. The number of hydrogen-bond donors (Lipinski definition) is 0. The highest BCUT2D eigenvalue weighted by molar-refractivity contribution is 6.02. The largest absolute Gasteiger partial charge is 0.454 e. The number of rotatable bonds is 1. The fourth-order valence-corrected chi connectivity index (χ4v) is 3.21. The van der Waals surface area contributed by atoms with Crippen LogP contribution in [0.5, 0.6) is 11.5 Å². The highest BCUT2D eigenvalue weighted by atomic mass is 35.5. The summed E-state index contributed by atoms with van der Waals surface area (Å²) < 4.78 is 16.2. The minimum Gasteiger partial charge on any atom is -0.454 e. The van der Waals surface area contributed by atoms with Gasteiger partial charge in [0.05, 0.1) is 30.0 Å². The predicted octanol–water partition coefficient (Wildman–Crippen LogP) is 2.47. The Hall–Kier alpha value is -2.05. The number of ether oxygens (including phenoxy) is 3. The van der Waals surface area contributed by atoms with Crippen LogP contribution in [0.3, 0.4) is 0 Å². The van der Waals surface area contributed by atoms with E-state index in [9.17, 15) is 4.79 Å². The van der Waals surface area contributed by atoms with Crippen molar-refractivity contribution in [2.75, 3.05) is 33.1 Å². The summed E-state index contributed by atoms with van der Waals surface area (Å²) in [6.07, 6.45) is 0. The van der Waals surface area contributed by atoms with Crippen LogP contribution in [0.1, 0.15) is 21.6 Å². The number of fused-ring (bicyclic) bond motifs is 2. The van der Waals surface area contributed by atoms with E-state index in [0.29, 0.717) is 43.4 Å². The molecule has 0 aliphatic carbocycles. The van der Waals surface area contributed by atoms with Gasteiger partial charge in [0.2, 0.25) is 6.79 Å². The van der Waals surface area contributed by atoms with Gasteiger partial charge in [0, 0.05) is 24.5 Å². The Labute approximate surface area is 146 Å². The summed E-state index contributed by atoms with van der Waals surface area (Å²) in [6.45, 7) is 6.49. The zero-order valence-electron chi connectivity index (χ0n) is 13.6. The van der Waals surface area contributed by atoms with Crippen molar-refractivity contribution in [1.82, 2.24) is 9.88 Å². The van der Waals surface area contributed by atoms with Crippen LogP contribution in [0.25, 0.3) is 10.9 Å². The Balaban J connectivity index is 0.00000169. The second kappa shape index (κ2) is 6.45. The normalized spacial score (nSPS) is 16.2. The van der Waals surface area contributed by atoms with Crippen molar-refractivity contribution in [1.29, 1.82) is 0 Å². The van der Waals surface area contributed by atoms with E-state index in [1.165, 1.54) is 0 Å². The van der Waals surface area contributed by atoms with E-state index in [4.69, 9.17) is 14.2 Å². The van der Waals surface area contributed by atoms with E-state index in [-0.39, 0.29) is 25.1 Å². The molecule has 0 saturated carbocycles. The maximum Gasteiger partial charge on any atom is 0.256 e. The molecule has 24 heavy (non-hydrogen) atoms. The predicted molar refractivity (Wildman–Crippen MR) is 91.3 cm³/mol. The zero-order chi connectivity index (χ0) is 16.0. The van der Waals surface area contributed by atoms with Gasteiger partial charge in [-0.2, -0.15) is 0 Å². The van der Waals surface area contributed by atoms with Crippen LogP contribution in [-0.4, -0.2) is 48.9 Å². The number of amides is 1. The number of carbonyl (C=O) groups is 1. The molecule has 2 aliphatic rings. The first kappa shape index (κ1) is 16.8. The summed E-state index contributed by atoms with van der Waals surface area (Å²) in [5.74, 6) is 1.43. The van der Waals surface area contributed by atoms with Crippen LogP contribution in [-0.2, 0) is 4.74 Å². The summed E-state index contributed by atoms with van der Waals surface area (Å²) in [6, 6.07) is 3.79. The first-order valence-corrected chi connectivity index (χ1v) is 7.73. The molecule has 128 valence electrons. The van der Waals surface area contributed by atoms with Gasteiger partial charge in [-0.25, -0.2) is 0 Å². The van der Waals surface area contributed by atoms with Gasteiger partial charge in [0.1, 0.15) is 0 Å². The molecular formula is C17H19ClN2O4. The second-order valence-electron chi connectivity index (χ2n) is 5.82. The van der Waals surface area contributed by atoms with Gasteiger partial charge >= 0.3 is 0 Å². The molecule has 3 heterocycles. The van der Waals surface area contributed by atoms with Crippen LogP contribution in [0, 0.1) is 13.8 Å². The summed E-state index contributed by atoms with van der Waals surface area (Å²) in [4.78, 5) is 19.3. The lowest BCUT2D eigenvalue weighted by Crippen LogP contribution is -2.41. The highest BCUT2D eigenvalue weighted by Gasteiger charge is 2.25. The lowest BCUT2D eigenvalue weighted by Gasteiger charge is -2.28. The van der Waals surface area contributed by atoms with E-state index < -0.39 is 0 Å². The minimum absolute atomic E-state index is 0. The molecule has 0 atom stereocenters. The van der Waals surface area contributed by atoms with E-state index in [1.807, 2.05) is 30.9 Å². The van der Waals surface area contributed by atoms with Crippen LogP contribution in [0.2, 0.25) is 0 Å². The Bertz CT molecular complexity index is 803. The van der Waals surface area contributed by atoms with E-state index >= 15 is 0 Å². The summed E-state index contributed by atoms with van der Waals surface area (Å²) in [5, 5.41) is 0.927. The van der Waals surface area contributed by atoms with Crippen molar-refractivity contribution < 1.29 is 19.0 Å². The first-order valence-electron chi connectivity index (χ1n) is 7.73. The van der Waals surface area contributed by atoms with E-state index in [1.54, 1.807) is 0 Å². The maximum absolute atomic E-state index is 12.9. The summed E-state index contributed by atoms with van der Waals surface area (Å²) >= 11 is 0. The lowest BCUT2D eigenvalue weighted by atomic mass is 10.00. The molecule has 0 unspecified atom stereocenters. The van der Waals surface area contributed by atoms with Crippen LogP contribution in [0.15, 0.2) is 12.1 Å². The molecule has 4 rings (SSSR count). The molecular weight excluding hydrogens is 332 g/mol. The summed E-state index contributed by atoms with van der Waals surface area (Å²) in [5.41, 5.74) is 3.17. The zero-order valence-corrected chi connectivity index (χ0v) is 14.4. The van der Waals surface area contributed by atoms with E-state index in [2.05, 4.69) is 4.98 Å². The smallest absolute Gasteiger partial charge is 0.256 e. The molecule has 0 N–H and O–H groups in total. The number of carbonyl (C=O) groups excluding carboxylic acids is 1. The number of morpholine rings is 1. The molecule has 2 aromatic rings. The highest BCUT2D eigenvalue weighted by Crippen LogP contribution is 2.37. The third-order valence-corrected chi connectivity index (χ3v) is 4.43. The van der Waals surface area contributed by atoms with Gasteiger partial charge < -0.3 is 19.1 Å². The van der Waals surface area contributed by atoms with Gasteiger partial charge in [0.25, 0.3) is 5.91 Å². The first-order chi connectivity index (χ1) is 11.1. The van der Waals surface area contributed by atoms with Gasteiger partial charge in [0.15, 0.2) is 11.5 Å². The standard InChI is InChI=1S/C17H18N2O4.ClH/c1-10-12-7-14-15(23-9-22-14)8-13(12)18-11(2)16(10)17(20)19-3-5-21-6-4-19;/h7-8H,3-6,9H2,1-2H3;1H. The molecule has 1 saturated heterocycles. The summed E-state index contributed by atoms with van der Waals surface area (Å²) in [7, 11) is 0. The Morgan fingerprint density at radius 1 is 1.12 bits per heavy atom. The van der Waals surface area contributed by atoms with Crippen LogP contribution >= 0.6 is 12.4 Å². The molecule has 0 radical (unpaired) electrons. The molecule has 2 aliphatic heterocycles. The molecule has 7 heteroatoms. The SMILES string of the molecule is Cc1nc2cc3c(cc2c(C)c1C(=O)N1CCOCC1)OCO3.Cl. The maximum atomic E-state index is 12.9. The third-order valence-electron chi connectivity index (χ3n) is 4.43. The number of halogens is 1. The van der Waals surface area contributed by atoms with Crippen LogP contribution < -0.4 is 9.47 Å². The molecule has 1 fully saturated rings. The van der Waals surface area contributed by atoms with E-state index in [0.717, 1.165) is 22.2 Å². The van der Waals surface area contributed by atoms with Gasteiger partial charge in [-0.1, -0.05) is 0 Å². The quantitative estimate of drug-likeness (QED) is 0.790. The molecule has 1 amide bonds. The lowest BCUT2D eigenvalue weighted by molar-refractivity contribution is 0.0301. The van der Waals surface area contributed by atoms with Crippen molar-refractivity contribution >= 4 is 29.2 Å². The van der Waals surface area contributed by atoms with Gasteiger partial charge in [-0.15, -0.1) is 12.4 Å². The number of nitrogens with zero attached hydrogens (tertiary/aromatic N) is 2. The van der Waals surface area contributed by atoms with Crippen molar-refractivity contribution in [2.45, 2.75) is 13.8 Å². The fourth-order valence-electron chi connectivity index (χ4n) is 3.21. The molecule has 0 bridgehead atoms. The molecule has 0 spiro atoms. The number of aryl methyl sites for hydroxylation is 2. The Kier molecular flexibility index (Phi) is 4.51. The van der Waals surface area contributed by atoms with Gasteiger partial charge in [-0.3, -0.25) is 9.78 Å². The van der Waals surface area contributed by atoms with Crippen molar-refractivity contribution in [3.63, 3.8) is 0 Å². The average molecular weight is 351 g/mol. The van der Waals surface area contributed by atoms with Gasteiger partial charge in [-0.05, 0) is 25.5 Å². The number of pyridine rings is 1. The number of aromatic nitrogens is 1. The third kappa shape index (κ3) is 2.65. The Morgan fingerprint density at radius 2 is 1.79 bits per heavy atom. The second-order valence-corrected chi connectivity index (χ2v) is 5.82. The molecule has 6 nitrogen and oxygen atoms in total. The monoisotopic (exact) mass is 350 g/mol. The number of hydrogen-bond acceptors (Lipinski definition) is 5. The van der Waals surface area contributed by atoms with Crippen molar-refractivity contribution in [3.05, 3.63) is 29.0 Å². The molecule has 1 aromatic carbocycles. The minimum atomic E-state index is 0. The number of benzene rings is 1. The Morgan fingerprint density at radius 3 is 2.50 bits per heavy atom. The van der Waals surface area contributed by atoms with Crippen molar-refractivity contribution in [2.24, 2.45) is 0 Å². The molecule has 1 aromatic heterocycles. The van der Waals surface area contributed by atoms with Crippen LogP contribution in [0.4, 0.5) is 0 Å².